The second kappa shape index (κ2) is 5.01. The third kappa shape index (κ3) is 3.99. The van der Waals surface area contributed by atoms with Crippen molar-refractivity contribution in [1.82, 2.24) is 0 Å². The topological polar surface area (TPSA) is 18.5 Å². The molecule has 1 atom stereocenters. The fourth-order valence-corrected chi connectivity index (χ4v) is 1.74. The van der Waals surface area contributed by atoms with Crippen molar-refractivity contribution in [2.24, 2.45) is 5.92 Å². The van der Waals surface area contributed by atoms with E-state index < -0.39 is 0 Å². The van der Waals surface area contributed by atoms with Crippen molar-refractivity contribution in [3.05, 3.63) is 0 Å². The highest BCUT2D eigenvalue weighted by Crippen LogP contribution is 2.19. The average molecular weight is 176 g/mol. The Bertz CT molecular complexity index is 100. The molecule has 1 aliphatic rings. The summed E-state index contributed by atoms with van der Waals surface area (Å²) in [6, 6.07) is 0. The van der Waals surface area contributed by atoms with E-state index in [2.05, 4.69) is 13.8 Å². The van der Waals surface area contributed by atoms with Gasteiger partial charge in [-0.3, -0.25) is 0 Å². The van der Waals surface area contributed by atoms with E-state index in [9.17, 15) is 0 Å². The molecule has 1 fully saturated rings. The molecule has 0 unspecified atom stereocenters. The summed E-state index contributed by atoms with van der Waals surface area (Å²) in [5.41, 5.74) is 0.300. The van der Waals surface area contributed by atoms with Gasteiger partial charge in [0, 0.05) is 12.4 Å². The minimum absolute atomic E-state index is 0.300. The van der Waals surface area contributed by atoms with Gasteiger partial charge in [0.05, 0.1) is 13.2 Å². The minimum atomic E-state index is 0.300. The summed E-state index contributed by atoms with van der Waals surface area (Å²) in [7, 11) is 0. The second-order valence-corrected chi connectivity index (χ2v) is 4.37. The van der Waals surface area contributed by atoms with Crippen LogP contribution in [0.5, 0.6) is 0 Å². The van der Waals surface area contributed by atoms with Crippen LogP contribution >= 0.6 is 11.8 Å². The summed E-state index contributed by atoms with van der Waals surface area (Å²) < 4.78 is 10.8. The van der Waals surface area contributed by atoms with E-state index in [4.69, 9.17) is 9.47 Å². The summed E-state index contributed by atoms with van der Waals surface area (Å²) in [6.07, 6.45) is 0. The van der Waals surface area contributed by atoms with Crippen molar-refractivity contribution in [2.45, 2.75) is 19.3 Å². The Morgan fingerprint density at radius 1 is 1.64 bits per heavy atom. The van der Waals surface area contributed by atoms with Gasteiger partial charge in [0.25, 0.3) is 0 Å². The third-order valence-corrected chi connectivity index (χ3v) is 2.44. The van der Waals surface area contributed by atoms with E-state index in [-0.39, 0.29) is 0 Å². The van der Waals surface area contributed by atoms with Crippen LogP contribution in [0.2, 0.25) is 0 Å². The normalized spacial score (nSPS) is 24.8. The van der Waals surface area contributed by atoms with E-state index in [1.807, 2.05) is 11.8 Å². The van der Waals surface area contributed by atoms with Crippen LogP contribution in [0.15, 0.2) is 0 Å². The first-order chi connectivity index (χ1) is 5.29. The summed E-state index contributed by atoms with van der Waals surface area (Å²) in [5.74, 6) is 1.75. The highest BCUT2D eigenvalue weighted by Gasteiger charge is 2.15. The molecule has 0 radical (unpaired) electrons. The zero-order valence-corrected chi connectivity index (χ0v) is 8.02. The molecule has 0 spiro atoms. The van der Waals surface area contributed by atoms with Crippen LogP contribution in [0.4, 0.5) is 0 Å². The molecule has 0 aromatic rings. The molecular formula is C8H16O2S. The minimum Gasteiger partial charge on any atom is -0.378 e. The van der Waals surface area contributed by atoms with Gasteiger partial charge in [-0.2, -0.15) is 0 Å². The Morgan fingerprint density at radius 3 is 3.00 bits per heavy atom. The fourth-order valence-electron chi connectivity index (χ4n) is 0.903. The predicted molar refractivity (Wildman–Crippen MR) is 47.9 cm³/mol. The van der Waals surface area contributed by atoms with Crippen molar-refractivity contribution >= 4 is 11.8 Å². The SMILES string of the molecule is CC(C)COC[C@@H]1OCCS1. The van der Waals surface area contributed by atoms with Gasteiger partial charge in [-0.1, -0.05) is 13.8 Å². The molecule has 3 heteroatoms. The summed E-state index contributed by atoms with van der Waals surface area (Å²) >= 11 is 1.85. The molecule has 0 saturated carbocycles. The van der Waals surface area contributed by atoms with Crippen LogP contribution < -0.4 is 0 Å². The maximum atomic E-state index is 5.43. The average Bonchev–Trinajstić information content (AvgIpc) is 2.39. The standard InChI is InChI=1S/C8H16O2S/c1-7(2)5-9-6-8-10-3-4-11-8/h7-8H,3-6H2,1-2H3/t8-/m1/s1. The van der Waals surface area contributed by atoms with E-state index in [1.54, 1.807) is 0 Å². The number of rotatable bonds is 4. The first-order valence-corrected chi connectivity index (χ1v) is 5.15. The first kappa shape index (κ1) is 9.36. The van der Waals surface area contributed by atoms with Crippen LogP contribution in [0.3, 0.4) is 0 Å². The predicted octanol–water partition coefficient (Wildman–Crippen LogP) is 1.75. The van der Waals surface area contributed by atoms with Crippen molar-refractivity contribution in [3.63, 3.8) is 0 Å². The summed E-state index contributed by atoms with van der Waals surface area (Å²) in [5, 5.41) is 0. The van der Waals surface area contributed by atoms with E-state index in [0.29, 0.717) is 11.4 Å². The van der Waals surface area contributed by atoms with Gasteiger partial charge < -0.3 is 9.47 Å². The highest BCUT2D eigenvalue weighted by molar-refractivity contribution is 8.00. The van der Waals surface area contributed by atoms with Crippen molar-refractivity contribution in [1.29, 1.82) is 0 Å². The molecule has 0 aromatic heterocycles. The Labute approximate surface area is 72.6 Å². The van der Waals surface area contributed by atoms with Crippen LogP contribution in [-0.2, 0) is 9.47 Å². The number of hydrogen-bond donors (Lipinski definition) is 0. The first-order valence-electron chi connectivity index (χ1n) is 4.10. The summed E-state index contributed by atoms with van der Waals surface area (Å²) in [6.45, 7) is 6.80. The molecule has 0 aromatic carbocycles. The van der Waals surface area contributed by atoms with Crippen LogP contribution in [-0.4, -0.2) is 31.0 Å². The largest absolute Gasteiger partial charge is 0.378 e. The highest BCUT2D eigenvalue weighted by atomic mass is 32.2. The van der Waals surface area contributed by atoms with Crippen molar-refractivity contribution in [3.8, 4) is 0 Å². The lowest BCUT2D eigenvalue weighted by Crippen LogP contribution is -2.13. The van der Waals surface area contributed by atoms with Gasteiger partial charge in [-0.15, -0.1) is 11.8 Å². The molecule has 1 heterocycles. The van der Waals surface area contributed by atoms with Gasteiger partial charge >= 0.3 is 0 Å². The molecule has 1 rings (SSSR count). The molecule has 0 amide bonds. The molecule has 66 valence electrons. The lowest BCUT2D eigenvalue weighted by Gasteiger charge is -2.10. The van der Waals surface area contributed by atoms with Gasteiger partial charge in [-0.25, -0.2) is 0 Å². The van der Waals surface area contributed by atoms with Gasteiger partial charge in [0.1, 0.15) is 5.44 Å². The lowest BCUT2D eigenvalue weighted by atomic mass is 10.2. The van der Waals surface area contributed by atoms with E-state index in [0.717, 1.165) is 25.6 Å². The Kier molecular flexibility index (Phi) is 4.26. The number of thioether (sulfide) groups is 1. The Hall–Kier alpha value is 0.270. The number of ether oxygens (including phenoxy) is 2. The molecule has 0 aliphatic carbocycles. The van der Waals surface area contributed by atoms with Gasteiger partial charge in [0.2, 0.25) is 0 Å². The van der Waals surface area contributed by atoms with Crippen LogP contribution in [0.1, 0.15) is 13.8 Å². The third-order valence-electron chi connectivity index (χ3n) is 1.40. The fraction of sp³-hybridized carbons (Fsp3) is 1.00. The monoisotopic (exact) mass is 176 g/mol. The molecular weight excluding hydrogens is 160 g/mol. The maximum Gasteiger partial charge on any atom is 0.126 e. The van der Waals surface area contributed by atoms with Crippen molar-refractivity contribution in [2.75, 3.05) is 25.6 Å². The second-order valence-electron chi connectivity index (χ2n) is 3.10. The quantitative estimate of drug-likeness (QED) is 0.650. The van der Waals surface area contributed by atoms with Gasteiger partial charge in [0.15, 0.2) is 0 Å². The Morgan fingerprint density at radius 2 is 2.45 bits per heavy atom. The van der Waals surface area contributed by atoms with E-state index in [1.165, 1.54) is 0 Å². The molecule has 0 N–H and O–H groups in total. The molecule has 11 heavy (non-hydrogen) atoms. The van der Waals surface area contributed by atoms with E-state index >= 15 is 0 Å². The van der Waals surface area contributed by atoms with Crippen LogP contribution in [0, 0.1) is 5.92 Å². The van der Waals surface area contributed by atoms with Crippen molar-refractivity contribution < 1.29 is 9.47 Å². The maximum absolute atomic E-state index is 5.43. The molecule has 2 nitrogen and oxygen atoms in total. The molecule has 1 aliphatic heterocycles. The lowest BCUT2D eigenvalue weighted by molar-refractivity contribution is 0.0337. The molecule has 1 saturated heterocycles. The smallest absolute Gasteiger partial charge is 0.126 e. The number of hydrogen-bond acceptors (Lipinski definition) is 3. The molecule has 0 bridgehead atoms. The summed E-state index contributed by atoms with van der Waals surface area (Å²) in [4.78, 5) is 0. The van der Waals surface area contributed by atoms with Gasteiger partial charge in [-0.05, 0) is 5.92 Å². The zero-order chi connectivity index (χ0) is 8.10. The Balaban J connectivity index is 1.94. The van der Waals surface area contributed by atoms with Crippen LogP contribution in [0.25, 0.3) is 0 Å². The zero-order valence-electron chi connectivity index (χ0n) is 7.21.